The molecule has 1 N–H and O–H groups in total. The summed E-state index contributed by atoms with van der Waals surface area (Å²) in [7, 11) is 0. The summed E-state index contributed by atoms with van der Waals surface area (Å²) in [6, 6.07) is 5.67. The molecule has 2 aliphatic carbocycles. The first-order valence-corrected chi connectivity index (χ1v) is 19.7. The molecule has 2 aliphatic heterocycles. The van der Waals surface area contributed by atoms with Gasteiger partial charge in [-0.2, -0.15) is 0 Å². The molecule has 334 valence electrons. The Morgan fingerprint density at radius 3 is 1.95 bits per heavy atom. The summed E-state index contributed by atoms with van der Waals surface area (Å²) in [5, 5.41) is 13.6. The lowest BCUT2D eigenvalue weighted by atomic mass is 9.45. The van der Waals surface area contributed by atoms with E-state index in [-0.39, 0.29) is 16.8 Å². The maximum atomic E-state index is 14.5. The van der Waals surface area contributed by atoms with Crippen LogP contribution in [0.3, 0.4) is 0 Å². The van der Waals surface area contributed by atoms with Crippen molar-refractivity contribution in [3.8, 4) is 0 Å². The minimum atomic E-state index is -2.86. The largest absolute Gasteiger partial charge is 0.465 e. The monoisotopic (exact) mass is 868 g/mol. The molecule has 2 aromatic rings. The summed E-state index contributed by atoms with van der Waals surface area (Å²) < 4.78 is 55.3. The molecule has 0 aromatic carbocycles. The van der Waals surface area contributed by atoms with Crippen LogP contribution in [0.4, 0.5) is 0 Å². The van der Waals surface area contributed by atoms with Crippen molar-refractivity contribution in [2.45, 2.75) is 122 Å². The van der Waals surface area contributed by atoms with Gasteiger partial charge < -0.3 is 47.7 Å². The van der Waals surface area contributed by atoms with Crippen molar-refractivity contribution in [1.29, 1.82) is 0 Å². The van der Waals surface area contributed by atoms with Crippen molar-refractivity contribution >= 4 is 47.8 Å². The Morgan fingerprint density at radius 1 is 0.774 bits per heavy atom. The van der Waals surface area contributed by atoms with Gasteiger partial charge in [0.25, 0.3) is 0 Å². The predicted molar refractivity (Wildman–Crippen MR) is 203 cm³/mol. The fraction of sp³-hybridized carbons (Fsp3) is 0.571. The molecule has 13 atom stereocenters. The molecule has 20 heteroatoms. The molecule has 0 radical (unpaired) electrons. The lowest BCUT2D eigenvalue weighted by Crippen LogP contribution is -2.89. The Labute approximate surface area is 355 Å². The van der Waals surface area contributed by atoms with Crippen LogP contribution in [0, 0.1) is 17.3 Å². The number of carbonyl (C=O) groups excluding carboxylic acids is 8. The van der Waals surface area contributed by atoms with Crippen molar-refractivity contribution < 1.29 is 86.1 Å². The molecule has 1 spiro atoms. The number of aromatic nitrogens is 2. The Balaban J connectivity index is 1.80. The van der Waals surface area contributed by atoms with E-state index in [1.807, 2.05) is 0 Å². The van der Waals surface area contributed by atoms with Crippen LogP contribution in [0.15, 0.2) is 42.9 Å². The molecule has 2 aromatic heterocycles. The Hall–Kier alpha value is -6.02. The van der Waals surface area contributed by atoms with Crippen LogP contribution < -0.4 is 0 Å². The third-order valence-electron chi connectivity index (χ3n) is 12.3. The van der Waals surface area contributed by atoms with Crippen LogP contribution in [0.5, 0.6) is 0 Å². The van der Waals surface area contributed by atoms with E-state index < -0.39 is 138 Å². The van der Waals surface area contributed by atoms with E-state index in [2.05, 4.69) is 9.97 Å². The zero-order chi connectivity index (χ0) is 45.7. The number of ether oxygens (including phenoxy) is 9. The third kappa shape index (κ3) is 7.41. The Kier molecular flexibility index (Phi) is 12.2. The minimum Gasteiger partial charge on any atom is -0.465 e. The molecule has 6 rings (SSSR count). The number of esters is 8. The van der Waals surface area contributed by atoms with Gasteiger partial charge >= 0.3 is 47.8 Å². The highest BCUT2D eigenvalue weighted by Gasteiger charge is 2.92. The number of hydrogen-bond acceptors (Lipinski definition) is 20. The van der Waals surface area contributed by atoms with E-state index in [9.17, 15) is 43.5 Å². The van der Waals surface area contributed by atoms with Gasteiger partial charge in [-0.05, 0) is 38.1 Å². The second kappa shape index (κ2) is 16.7. The number of cyclic esters (lactones) is 1. The van der Waals surface area contributed by atoms with Gasteiger partial charge in [-0.15, -0.1) is 0 Å². The highest BCUT2D eigenvalue weighted by Crippen LogP contribution is 2.70. The van der Waals surface area contributed by atoms with Crippen molar-refractivity contribution in [3.63, 3.8) is 0 Å². The van der Waals surface area contributed by atoms with Crippen molar-refractivity contribution in [3.05, 3.63) is 59.7 Å². The maximum absolute atomic E-state index is 14.5. The summed E-state index contributed by atoms with van der Waals surface area (Å²) in [6.45, 7) is 8.55. The number of fused-ring (bicyclic) bond motifs is 5. The number of aliphatic hydroxyl groups is 1. The Morgan fingerprint density at radius 2 is 1.37 bits per heavy atom. The van der Waals surface area contributed by atoms with Crippen LogP contribution in [0.25, 0.3) is 0 Å². The van der Waals surface area contributed by atoms with Gasteiger partial charge in [0, 0.05) is 59.1 Å². The second-order valence-corrected chi connectivity index (χ2v) is 16.4. The highest BCUT2D eigenvalue weighted by molar-refractivity contribution is 5.91. The van der Waals surface area contributed by atoms with Gasteiger partial charge in [0.1, 0.15) is 42.0 Å². The summed E-state index contributed by atoms with van der Waals surface area (Å²) in [4.78, 5) is 118. The normalized spacial score (nSPS) is 36.0. The smallest absolute Gasteiger partial charge is 0.340 e. The van der Waals surface area contributed by atoms with Crippen molar-refractivity contribution in [2.24, 2.45) is 17.3 Å². The van der Waals surface area contributed by atoms with Gasteiger partial charge in [-0.25, -0.2) is 9.59 Å². The number of rotatable bonds is 8. The Bertz CT molecular complexity index is 2160. The molecule has 3 fully saturated rings. The van der Waals surface area contributed by atoms with Crippen molar-refractivity contribution in [2.75, 3.05) is 13.2 Å². The topological polar surface area (TPSA) is 266 Å². The van der Waals surface area contributed by atoms with Crippen LogP contribution in [0.1, 0.15) is 94.6 Å². The standard InChI is InChI=1S/C42H48N2O18/c1-19-20(2)36(50)61-33-31(56-22(4)46)35(59-25(7)49)41(18-54-21(3)45)34(58-24(6)48)30(60-37(51)26-12-10-14-43-16-26)28-32(57-23(5)47)42(41,40(33,9)53)62-39(28,8)17-55-38(52)27-13-11-15-44-29(19)27/h10-16,19-20,28,30-35,53H,17-18H2,1-9H3/t19-,20-,28+,30+,31+,32+,33+,34-,35-,39+,40-,41+,42-/m1/s1. The SMILES string of the molecule is CC(=O)OC[C@]12[C@H](OC(C)=O)[C@@H](OC(C)=O)[C@@H]3OC(=O)[C@H](C)[C@@H](C)c4ncccc4C(=O)OC[C@]4(C)O[C@]1([C@@H](OC(C)=O)[C@@H]4[C@H](OC(=O)c1cccnc1)[C@H]2OC(C)=O)[C@]3(C)O. The van der Waals surface area contributed by atoms with Crippen molar-refractivity contribution in [1.82, 2.24) is 9.97 Å². The van der Waals surface area contributed by atoms with Gasteiger partial charge in [0.15, 0.2) is 30.0 Å². The molecule has 1 saturated heterocycles. The number of pyridine rings is 2. The molecular formula is C42H48N2O18. The van der Waals surface area contributed by atoms with Gasteiger partial charge in [0.05, 0.1) is 28.7 Å². The van der Waals surface area contributed by atoms with E-state index in [1.165, 1.54) is 50.5 Å². The average molecular weight is 869 g/mol. The molecular weight excluding hydrogens is 820 g/mol. The van der Waals surface area contributed by atoms with Crippen LogP contribution in [0.2, 0.25) is 0 Å². The fourth-order valence-electron chi connectivity index (χ4n) is 9.73. The number of carbonyl (C=O) groups is 8. The van der Waals surface area contributed by atoms with E-state index in [4.69, 9.17) is 42.6 Å². The summed E-state index contributed by atoms with van der Waals surface area (Å²) in [5.41, 5.74) is -10.5. The molecule has 4 bridgehead atoms. The lowest BCUT2D eigenvalue weighted by Gasteiger charge is -2.67. The zero-order valence-corrected chi connectivity index (χ0v) is 35.4. The van der Waals surface area contributed by atoms with Crippen LogP contribution in [-0.4, -0.2) is 129 Å². The van der Waals surface area contributed by atoms with Crippen LogP contribution >= 0.6 is 0 Å². The first-order chi connectivity index (χ1) is 29.0. The first kappa shape index (κ1) is 45.5. The van der Waals surface area contributed by atoms with E-state index in [0.29, 0.717) is 0 Å². The summed E-state index contributed by atoms with van der Waals surface area (Å²) in [5.74, 6) is -12.0. The van der Waals surface area contributed by atoms with E-state index in [1.54, 1.807) is 6.92 Å². The van der Waals surface area contributed by atoms with E-state index >= 15 is 0 Å². The minimum absolute atomic E-state index is 0.0579. The molecule has 4 heterocycles. The summed E-state index contributed by atoms with van der Waals surface area (Å²) >= 11 is 0. The van der Waals surface area contributed by atoms with Gasteiger partial charge in [0.2, 0.25) is 0 Å². The van der Waals surface area contributed by atoms with Gasteiger partial charge in [-0.3, -0.25) is 38.7 Å². The molecule has 62 heavy (non-hydrogen) atoms. The fourth-order valence-corrected chi connectivity index (χ4v) is 9.73. The average Bonchev–Trinajstić information content (AvgIpc) is 3.42. The summed E-state index contributed by atoms with van der Waals surface area (Å²) in [6.07, 6.45) is -8.37. The number of hydrogen-bond donors (Lipinski definition) is 1. The first-order valence-electron chi connectivity index (χ1n) is 19.7. The second-order valence-electron chi connectivity index (χ2n) is 16.4. The molecule has 0 unspecified atom stereocenters. The quantitative estimate of drug-likeness (QED) is 0.292. The molecule has 2 saturated carbocycles. The van der Waals surface area contributed by atoms with E-state index in [0.717, 1.165) is 47.7 Å². The van der Waals surface area contributed by atoms with Crippen LogP contribution in [-0.2, 0) is 71.4 Å². The zero-order valence-electron chi connectivity index (χ0n) is 35.4. The number of nitrogens with zero attached hydrogens (tertiary/aromatic N) is 2. The highest BCUT2D eigenvalue weighted by atomic mass is 16.7. The maximum Gasteiger partial charge on any atom is 0.340 e. The molecule has 4 aliphatic rings. The molecule has 0 amide bonds. The van der Waals surface area contributed by atoms with Gasteiger partial charge in [-0.1, -0.05) is 13.8 Å². The predicted octanol–water partition coefficient (Wildman–Crippen LogP) is 1.72. The lowest BCUT2D eigenvalue weighted by molar-refractivity contribution is -0.386. The third-order valence-corrected chi connectivity index (χ3v) is 12.3. The molecule has 20 nitrogen and oxygen atoms in total.